The van der Waals surface area contributed by atoms with E-state index >= 15 is 0 Å². The molecule has 0 unspecified atom stereocenters. The molecule has 0 amide bonds. The first-order valence-electron chi connectivity index (χ1n) is 7.94. The highest BCUT2D eigenvalue weighted by molar-refractivity contribution is 5.68. The van der Waals surface area contributed by atoms with Crippen LogP contribution in [0.2, 0.25) is 0 Å². The maximum Gasteiger partial charge on any atom is 0.131 e. The predicted octanol–water partition coefficient (Wildman–Crippen LogP) is 5.35. The van der Waals surface area contributed by atoms with Crippen molar-refractivity contribution in [3.05, 3.63) is 59.4 Å². The summed E-state index contributed by atoms with van der Waals surface area (Å²) >= 11 is 0. The maximum atomic E-state index is 14.2. The van der Waals surface area contributed by atoms with Gasteiger partial charge in [0.05, 0.1) is 6.61 Å². The molecule has 0 aliphatic heterocycles. The third kappa shape index (κ3) is 3.95. The fourth-order valence-corrected chi connectivity index (χ4v) is 3.11. The van der Waals surface area contributed by atoms with Crippen LogP contribution in [0.1, 0.15) is 44.7 Å². The monoisotopic (exact) mass is 300 g/mol. The Balaban J connectivity index is 2.48. The SMILES string of the molecule is CCCC(C)(C)Cc1cc(CO)ccc1-c1ccccc1F. The standard InChI is InChI=1S/C20H25FO/c1-4-11-20(2,3)13-16-12-15(14-22)9-10-17(16)18-7-5-6-8-19(18)21/h5-10,12,22H,4,11,13-14H2,1-3H3. The smallest absolute Gasteiger partial charge is 0.131 e. The first-order chi connectivity index (χ1) is 10.5. The molecule has 0 spiro atoms. The summed E-state index contributed by atoms with van der Waals surface area (Å²) in [6.07, 6.45) is 3.12. The van der Waals surface area contributed by atoms with E-state index in [1.165, 1.54) is 6.07 Å². The molecule has 0 saturated heterocycles. The summed E-state index contributed by atoms with van der Waals surface area (Å²) in [6, 6.07) is 12.7. The molecule has 0 heterocycles. The van der Waals surface area contributed by atoms with Gasteiger partial charge in [-0.3, -0.25) is 0 Å². The highest BCUT2D eigenvalue weighted by Crippen LogP contribution is 2.34. The fraction of sp³-hybridized carbons (Fsp3) is 0.400. The molecule has 0 saturated carbocycles. The fourth-order valence-electron chi connectivity index (χ4n) is 3.11. The second kappa shape index (κ2) is 7.06. The maximum absolute atomic E-state index is 14.2. The Kier molecular flexibility index (Phi) is 5.36. The number of aliphatic hydroxyl groups excluding tert-OH is 1. The molecule has 0 atom stereocenters. The van der Waals surface area contributed by atoms with Gasteiger partial charge in [-0.25, -0.2) is 4.39 Å². The zero-order valence-corrected chi connectivity index (χ0v) is 13.7. The Morgan fingerprint density at radius 1 is 1.05 bits per heavy atom. The Labute approximate surface area is 132 Å². The Morgan fingerprint density at radius 3 is 2.41 bits per heavy atom. The summed E-state index contributed by atoms with van der Waals surface area (Å²) in [5.74, 6) is -0.200. The van der Waals surface area contributed by atoms with Crippen molar-refractivity contribution in [1.29, 1.82) is 0 Å². The van der Waals surface area contributed by atoms with E-state index in [1.807, 2.05) is 30.3 Å². The van der Waals surface area contributed by atoms with Crippen molar-refractivity contribution in [3.63, 3.8) is 0 Å². The van der Waals surface area contributed by atoms with E-state index in [9.17, 15) is 9.50 Å². The van der Waals surface area contributed by atoms with E-state index in [4.69, 9.17) is 0 Å². The first-order valence-corrected chi connectivity index (χ1v) is 7.94. The van der Waals surface area contributed by atoms with Crippen molar-refractivity contribution in [2.24, 2.45) is 5.41 Å². The summed E-state index contributed by atoms with van der Waals surface area (Å²) in [4.78, 5) is 0. The van der Waals surface area contributed by atoms with Crippen LogP contribution in [0.4, 0.5) is 4.39 Å². The summed E-state index contributed by atoms with van der Waals surface area (Å²) in [7, 11) is 0. The van der Waals surface area contributed by atoms with Crippen molar-refractivity contribution >= 4 is 0 Å². The highest BCUT2D eigenvalue weighted by atomic mass is 19.1. The van der Waals surface area contributed by atoms with Crippen LogP contribution in [0.25, 0.3) is 11.1 Å². The molecule has 0 aliphatic carbocycles. The Bertz CT molecular complexity index is 631. The molecule has 2 aromatic carbocycles. The third-order valence-electron chi connectivity index (χ3n) is 4.11. The van der Waals surface area contributed by atoms with Crippen LogP contribution in [0.3, 0.4) is 0 Å². The first kappa shape index (κ1) is 16.7. The van der Waals surface area contributed by atoms with E-state index in [2.05, 4.69) is 20.8 Å². The molecule has 0 radical (unpaired) electrons. The minimum atomic E-state index is -0.200. The molecule has 2 rings (SSSR count). The van der Waals surface area contributed by atoms with Crippen LogP contribution in [-0.2, 0) is 13.0 Å². The topological polar surface area (TPSA) is 20.2 Å². The minimum Gasteiger partial charge on any atom is -0.392 e. The van der Waals surface area contributed by atoms with Gasteiger partial charge in [-0.1, -0.05) is 63.6 Å². The van der Waals surface area contributed by atoms with Crippen LogP contribution >= 0.6 is 0 Å². The number of hydrogen-bond acceptors (Lipinski definition) is 1. The molecule has 118 valence electrons. The molecule has 0 fully saturated rings. The average molecular weight is 300 g/mol. The lowest BCUT2D eigenvalue weighted by Gasteiger charge is -2.26. The van der Waals surface area contributed by atoms with Crippen LogP contribution in [-0.4, -0.2) is 5.11 Å². The van der Waals surface area contributed by atoms with Crippen molar-refractivity contribution in [3.8, 4) is 11.1 Å². The van der Waals surface area contributed by atoms with E-state index in [0.717, 1.165) is 36.0 Å². The van der Waals surface area contributed by atoms with Gasteiger partial charge in [0.1, 0.15) is 5.82 Å². The highest BCUT2D eigenvalue weighted by Gasteiger charge is 2.20. The van der Waals surface area contributed by atoms with Gasteiger partial charge in [-0.05, 0) is 41.0 Å². The summed E-state index contributed by atoms with van der Waals surface area (Å²) in [5, 5.41) is 9.41. The number of aliphatic hydroxyl groups is 1. The van der Waals surface area contributed by atoms with E-state index < -0.39 is 0 Å². The second-order valence-electron chi connectivity index (χ2n) is 6.72. The lowest BCUT2D eigenvalue weighted by molar-refractivity contribution is 0.281. The molecule has 1 nitrogen and oxygen atoms in total. The van der Waals surface area contributed by atoms with Gasteiger partial charge in [0.2, 0.25) is 0 Å². The summed E-state index contributed by atoms with van der Waals surface area (Å²) in [6.45, 7) is 6.68. The quantitative estimate of drug-likeness (QED) is 0.762. The molecule has 2 heteroatoms. The number of halogens is 1. The summed E-state index contributed by atoms with van der Waals surface area (Å²) in [5.41, 5.74) is 3.70. The molecule has 1 N–H and O–H groups in total. The van der Waals surface area contributed by atoms with Gasteiger partial charge in [0.15, 0.2) is 0 Å². The van der Waals surface area contributed by atoms with Gasteiger partial charge in [-0.15, -0.1) is 0 Å². The lowest BCUT2D eigenvalue weighted by atomic mass is 9.79. The van der Waals surface area contributed by atoms with Gasteiger partial charge in [-0.2, -0.15) is 0 Å². The van der Waals surface area contributed by atoms with Crippen molar-refractivity contribution in [1.82, 2.24) is 0 Å². The second-order valence-corrected chi connectivity index (χ2v) is 6.72. The van der Waals surface area contributed by atoms with Gasteiger partial charge in [0.25, 0.3) is 0 Å². The zero-order chi connectivity index (χ0) is 16.2. The number of rotatable bonds is 6. The largest absolute Gasteiger partial charge is 0.392 e. The number of benzene rings is 2. The van der Waals surface area contributed by atoms with Crippen molar-refractivity contribution in [2.75, 3.05) is 0 Å². The Morgan fingerprint density at radius 2 is 1.77 bits per heavy atom. The van der Waals surface area contributed by atoms with Gasteiger partial charge < -0.3 is 5.11 Å². The van der Waals surface area contributed by atoms with Crippen molar-refractivity contribution in [2.45, 2.75) is 46.6 Å². The minimum absolute atomic E-state index is 0.0127. The van der Waals surface area contributed by atoms with E-state index in [-0.39, 0.29) is 17.8 Å². The summed E-state index contributed by atoms with van der Waals surface area (Å²) < 4.78 is 14.2. The van der Waals surface area contributed by atoms with Gasteiger partial charge in [0, 0.05) is 5.56 Å². The lowest BCUT2D eigenvalue weighted by Crippen LogP contribution is -2.15. The van der Waals surface area contributed by atoms with Crippen LogP contribution < -0.4 is 0 Å². The molecule has 2 aromatic rings. The molecule has 22 heavy (non-hydrogen) atoms. The zero-order valence-electron chi connectivity index (χ0n) is 13.7. The molecular formula is C20H25FO. The molecule has 0 aromatic heterocycles. The Hall–Kier alpha value is -1.67. The molecule has 0 bridgehead atoms. The van der Waals surface area contributed by atoms with Gasteiger partial charge >= 0.3 is 0 Å². The predicted molar refractivity (Wildman–Crippen MR) is 90.2 cm³/mol. The molecule has 0 aliphatic rings. The number of hydrogen-bond donors (Lipinski definition) is 1. The van der Waals surface area contributed by atoms with Crippen LogP contribution in [0.15, 0.2) is 42.5 Å². The van der Waals surface area contributed by atoms with Crippen LogP contribution in [0, 0.1) is 11.2 Å². The van der Waals surface area contributed by atoms with Crippen molar-refractivity contribution < 1.29 is 9.50 Å². The molecular weight excluding hydrogens is 275 g/mol. The normalized spacial score (nSPS) is 11.7. The third-order valence-corrected chi connectivity index (χ3v) is 4.11. The average Bonchev–Trinajstić information content (AvgIpc) is 2.47. The van der Waals surface area contributed by atoms with Crippen LogP contribution in [0.5, 0.6) is 0 Å². The van der Waals surface area contributed by atoms with E-state index in [0.29, 0.717) is 5.56 Å². The van der Waals surface area contributed by atoms with E-state index in [1.54, 1.807) is 6.07 Å².